The summed E-state index contributed by atoms with van der Waals surface area (Å²) in [7, 11) is 0. The molecular formula is C12H7Br2F3N2O. The van der Waals surface area contributed by atoms with Gasteiger partial charge in [-0.2, -0.15) is 13.2 Å². The molecule has 8 heteroatoms. The molecule has 20 heavy (non-hydrogen) atoms. The molecule has 0 amide bonds. The molecule has 0 aliphatic rings. The topological polar surface area (TPSA) is 48.1 Å². The Bertz CT molecular complexity index is 647. The number of rotatable bonds is 2. The molecule has 3 nitrogen and oxygen atoms in total. The normalized spacial score (nSPS) is 11.4. The number of hydrogen-bond acceptors (Lipinski definition) is 3. The molecule has 0 saturated carbocycles. The average Bonchev–Trinajstić information content (AvgIpc) is 2.33. The van der Waals surface area contributed by atoms with E-state index in [2.05, 4.69) is 36.8 Å². The quantitative estimate of drug-likeness (QED) is 0.756. The van der Waals surface area contributed by atoms with Crippen molar-refractivity contribution in [2.24, 2.45) is 0 Å². The lowest BCUT2D eigenvalue weighted by Crippen LogP contribution is -2.08. The fourth-order valence-electron chi connectivity index (χ4n) is 1.37. The Morgan fingerprint density at radius 3 is 2.40 bits per heavy atom. The highest BCUT2D eigenvalue weighted by Crippen LogP contribution is 2.37. The van der Waals surface area contributed by atoms with Crippen molar-refractivity contribution in [1.82, 2.24) is 4.98 Å². The predicted octanol–water partition coefficient (Wildman–Crippen LogP) is 5.00. The van der Waals surface area contributed by atoms with Crippen LogP contribution in [0.5, 0.6) is 11.5 Å². The summed E-state index contributed by atoms with van der Waals surface area (Å²) in [5, 5.41) is 0. The number of aromatic nitrogens is 1. The smallest absolute Gasteiger partial charge is 0.433 e. The second-order valence-electron chi connectivity index (χ2n) is 3.78. The van der Waals surface area contributed by atoms with Gasteiger partial charge in [0.15, 0.2) is 5.75 Å². The van der Waals surface area contributed by atoms with Gasteiger partial charge in [0.1, 0.15) is 11.4 Å². The van der Waals surface area contributed by atoms with Crippen molar-refractivity contribution in [2.75, 3.05) is 5.73 Å². The second-order valence-corrected chi connectivity index (χ2v) is 5.55. The standard InChI is InChI=1S/C12H7Br2F3N2O/c13-6-1-2-9(7(14)3-6)20-10-4-11(12(15,16)17)19-5-8(10)18/h1-5H,18H2. The van der Waals surface area contributed by atoms with Crippen molar-refractivity contribution in [1.29, 1.82) is 0 Å². The van der Waals surface area contributed by atoms with Crippen LogP contribution in [0.2, 0.25) is 0 Å². The van der Waals surface area contributed by atoms with Crippen LogP contribution in [0.4, 0.5) is 18.9 Å². The Balaban J connectivity index is 2.38. The molecule has 0 atom stereocenters. The van der Waals surface area contributed by atoms with E-state index in [1.807, 2.05) is 0 Å². The number of benzene rings is 1. The highest BCUT2D eigenvalue weighted by Gasteiger charge is 2.33. The summed E-state index contributed by atoms with van der Waals surface area (Å²) in [4.78, 5) is 3.24. The number of anilines is 1. The van der Waals surface area contributed by atoms with Gasteiger partial charge in [0, 0.05) is 10.5 Å². The van der Waals surface area contributed by atoms with Gasteiger partial charge in [0.05, 0.1) is 16.4 Å². The van der Waals surface area contributed by atoms with E-state index in [0.717, 1.165) is 16.7 Å². The van der Waals surface area contributed by atoms with E-state index in [-0.39, 0.29) is 11.4 Å². The minimum Gasteiger partial charge on any atom is -0.454 e. The number of alkyl halides is 3. The van der Waals surface area contributed by atoms with Crippen LogP contribution in [-0.4, -0.2) is 4.98 Å². The zero-order chi connectivity index (χ0) is 14.9. The number of nitrogens with two attached hydrogens (primary N) is 1. The maximum atomic E-state index is 12.6. The largest absolute Gasteiger partial charge is 0.454 e. The first-order valence-electron chi connectivity index (χ1n) is 5.23. The first-order valence-corrected chi connectivity index (χ1v) is 6.81. The molecule has 0 aliphatic carbocycles. The maximum Gasteiger partial charge on any atom is 0.433 e. The highest BCUT2D eigenvalue weighted by atomic mass is 79.9. The fraction of sp³-hybridized carbons (Fsp3) is 0.0833. The van der Waals surface area contributed by atoms with Gasteiger partial charge in [-0.05, 0) is 34.1 Å². The highest BCUT2D eigenvalue weighted by molar-refractivity contribution is 9.11. The lowest BCUT2D eigenvalue weighted by molar-refractivity contribution is -0.141. The van der Waals surface area contributed by atoms with E-state index in [0.29, 0.717) is 10.2 Å². The molecule has 0 aliphatic heterocycles. The van der Waals surface area contributed by atoms with Crippen LogP contribution < -0.4 is 10.5 Å². The van der Waals surface area contributed by atoms with Crippen LogP contribution >= 0.6 is 31.9 Å². The van der Waals surface area contributed by atoms with Crippen LogP contribution in [0.15, 0.2) is 39.4 Å². The van der Waals surface area contributed by atoms with Crippen molar-refractivity contribution < 1.29 is 17.9 Å². The van der Waals surface area contributed by atoms with Gasteiger partial charge in [-0.15, -0.1) is 0 Å². The van der Waals surface area contributed by atoms with Crippen LogP contribution in [0.3, 0.4) is 0 Å². The summed E-state index contributed by atoms with van der Waals surface area (Å²) in [6, 6.07) is 5.77. The summed E-state index contributed by atoms with van der Waals surface area (Å²) in [5.41, 5.74) is 4.54. The molecule has 2 rings (SSSR count). The number of nitrogens with zero attached hydrogens (tertiary/aromatic N) is 1. The Hall–Kier alpha value is -1.28. The van der Waals surface area contributed by atoms with Gasteiger partial charge in [0.2, 0.25) is 0 Å². The molecule has 0 bridgehead atoms. The van der Waals surface area contributed by atoms with E-state index in [1.54, 1.807) is 18.2 Å². The minimum atomic E-state index is -4.55. The fourth-order valence-corrected chi connectivity index (χ4v) is 2.50. The molecule has 0 fully saturated rings. The first-order chi connectivity index (χ1) is 9.27. The molecule has 1 aromatic carbocycles. The Kier molecular flexibility index (Phi) is 4.24. The predicted molar refractivity (Wildman–Crippen MR) is 75.6 cm³/mol. The van der Waals surface area contributed by atoms with Gasteiger partial charge in [-0.1, -0.05) is 15.9 Å². The van der Waals surface area contributed by atoms with E-state index in [4.69, 9.17) is 10.5 Å². The van der Waals surface area contributed by atoms with E-state index < -0.39 is 11.9 Å². The molecule has 106 valence electrons. The van der Waals surface area contributed by atoms with E-state index in [9.17, 15) is 13.2 Å². The number of hydrogen-bond donors (Lipinski definition) is 1. The summed E-state index contributed by atoms with van der Waals surface area (Å²) in [6.45, 7) is 0. The van der Waals surface area contributed by atoms with Crippen molar-refractivity contribution in [2.45, 2.75) is 6.18 Å². The average molecular weight is 412 g/mol. The Morgan fingerprint density at radius 2 is 1.80 bits per heavy atom. The van der Waals surface area contributed by atoms with Crippen LogP contribution in [0.25, 0.3) is 0 Å². The SMILES string of the molecule is Nc1cnc(C(F)(F)F)cc1Oc1ccc(Br)cc1Br. The third-order valence-electron chi connectivity index (χ3n) is 2.30. The number of ether oxygens (including phenoxy) is 1. The molecule has 1 aromatic heterocycles. The van der Waals surface area contributed by atoms with Gasteiger partial charge in [0.25, 0.3) is 0 Å². The second kappa shape index (κ2) is 5.61. The number of nitrogen functional groups attached to an aromatic ring is 1. The van der Waals surface area contributed by atoms with Crippen LogP contribution in [0, 0.1) is 0 Å². The minimum absolute atomic E-state index is 0.0211. The van der Waals surface area contributed by atoms with Crippen molar-refractivity contribution >= 4 is 37.5 Å². The lowest BCUT2D eigenvalue weighted by atomic mass is 10.3. The maximum absolute atomic E-state index is 12.6. The van der Waals surface area contributed by atoms with Crippen molar-refractivity contribution in [3.63, 3.8) is 0 Å². The van der Waals surface area contributed by atoms with Gasteiger partial charge in [-0.3, -0.25) is 0 Å². The third-order valence-corrected chi connectivity index (χ3v) is 3.41. The van der Waals surface area contributed by atoms with Gasteiger partial charge in [-0.25, -0.2) is 4.98 Å². The molecule has 1 heterocycles. The lowest BCUT2D eigenvalue weighted by Gasteiger charge is -2.12. The zero-order valence-corrected chi connectivity index (χ0v) is 12.9. The molecule has 0 unspecified atom stereocenters. The Morgan fingerprint density at radius 1 is 1.10 bits per heavy atom. The van der Waals surface area contributed by atoms with Gasteiger partial charge >= 0.3 is 6.18 Å². The van der Waals surface area contributed by atoms with Crippen LogP contribution in [0.1, 0.15) is 5.69 Å². The molecule has 0 saturated heterocycles. The molecule has 2 aromatic rings. The summed E-state index contributed by atoms with van der Waals surface area (Å²) < 4.78 is 44.6. The summed E-state index contributed by atoms with van der Waals surface area (Å²) in [6.07, 6.45) is -3.63. The molecule has 0 spiro atoms. The zero-order valence-electron chi connectivity index (χ0n) is 9.71. The molecule has 2 N–H and O–H groups in total. The van der Waals surface area contributed by atoms with Crippen molar-refractivity contribution in [3.05, 3.63) is 45.1 Å². The summed E-state index contributed by atoms with van der Waals surface area (Å²) in [5.74, 6) is 0.245. The first kappa shape index (κ1) is 15.1. The monoisotopic (exact) mass is 410 g/mol. The summed E-state index contributed by atoms with van der Waals surface area (Å²) >= 11 is 6.52. The molecular weight excluding hydrogens is 405 g/mol. The van der Waals surface area contributed by atoms with Crippen molar-refractivity contribution in [3.8, 4) is 11.5 Å². The molecule has 0 radical (unpaired) electrons. The van der Waals surface area contributed by atoms with Crippen LogP contribution in [-0.2, 0) is 6.18 Å². The van der Waals surface area contributed by atoms with Gasteiger partial charge < -0.3 is 10.5 Å². The number of pyridine rings is 1. The third kappa shape index (κ3) is 3.43. The Labute approximate surface area is 129 Å². The van der Waals surface area contributed by atoms with E-state index >= 15 is 0 Å². The van der Waals surface area contributed by atoms with E-state index in [1.165, 1.54) is 0 Å². The number of halogens is 5.